The second-order valence-corrected chi connectivity index (χ2v) is 4.69. The van der Waals surface area contributed by atoms with Crippen molar-refractivity contribution < 1.29 is 9.84 Å². The molecule has 1 aliphatic rings. The highest BCUT2D eigenvalue weighted by molar-refractivity contribution is 5.64. The summed E-state index contributed by atoms with van der Waals surface area (Å²) in [5, 5.41) is 9.44. The summed E-state index contributed by atoms with van der Waals surface area (Å²) in [5.74, 6) is 1.67. The lowest BCUT2D eigenvalue weighted by Crippen LogP contribution is -2.00. The lowest BCUT2D eigenvalue weighted by molar-refractivity contribution is 0.288. The molecule has 3 rings (SSSR count). The minimum atomic E-state index is 0.265. The maximum Gasteiger partial charge on any atom is 0.213 e. The van der Waals surface area contributed by atoms with E-state index in [4.69, 9.17) is 4.74 Å². The van der Waals surface area contributed by atoms with Gasteiger partial charge in [-0.05, 0) is 42.5 Å². The van der Waals surface area contributed by atoms with E-state index in [2.05, 4.69) is 4.98 Å². The van der Waals surface area contributed by atoms with Crippen LogP contribution < -0.4 is 4.74 Å². The lowest BCUT2D eigenvalue weighted by Gasteiger charge is -2.05. The van der Waals surface area contributed by atoms with Crippen molar-refractivity contribution in [2.24, 2.45) is 5.92 Å². The third-order valence-electron chi connectivity index (χ3n) is 3.08. The quantitative estimate of drug-likeness (QED) is 0.893. The topological polar surface area (TPSA) is 42.4 Å². The van der Waals surface area contributed by atoms with Crippen molar-refractivity contribution in [3.63, 3.8) is 0 Å². The van der Waals surface area contributed by atoms with Crippen molar-refractivity contribution >= 4 is 0 Å². The molecule has 1 heterocycles. The van der Waals surface area contributed by atoms with Crippen LogP contribution >= 0.6 is 0 Å². The number of phenols is 1. The summed E-state index contributed by atoms with van der Waals surface area (Å²) in [7, 11) is 0. The number of aromatic nitrogens is 1. The van der Waals surface area contributed by atoms with Gasteiger partial charge in [0.1, 0.15) is 5.75 Å². The molecular weight excluding hydrogens is 226 g/mol. The highest BCUT2D eigenvalue weighted by atomic mass is 16.5. The Kier molecular flexibility index (Phi) is 2.89. The smallest absolute Gasteiger partial charge is 0.213 e. The van der Waals surface area contributed by atoms with E-state index in [-0.39, 0.29) is 5.75 Å². The monoisotopic (exact) mass is 241 g/mol. The van der Waals surface area contributed by atoms with Gasteiger partial charge in [-0.2, -0.15) is 0 Å². The van der Waals surface area contributed by atoms with Crippen LogP contribution in [0.2, 0.25) is 0 Å². The second-order valence-electron chi connectivity index (χ2n) is 4.69. The first-order valence-corrected chi connectivity index (χ1v) is 6.19. The van der Waals surface area contributed by atoms with Gasteiger partial charge in [-0.3, -0.25) is 0 Å². The van der Waals surface area contributed by atoms with E-state index in [0.717, 1.165) is 23.7 Å². The van der Waals surface area contributed by atoms with Gasteiger partial charge < -0.3 is 9.84 Å². The average molecular weight is 241 g/mol. The molecule has 1 aromatic heterocycles. The van der Waals surface area contributed by atoms with Gasteiger partial charge in [-0.1, -0.05) is 12.1 Å². The van der Waals surface area contributed by atoms with Crippen molar-refractivity contribution in [1.29, 1.82) is 0 Å². The van der Waals surface area contributed by atoms with Crippen LogP contribution in [0.15, 0.2) is 42.6 Å². The van der Waals surface area contributed by atoms with E-state index >= 15 is 0 Å². The van der Waals surface area contributed by atoms with Gasteiger partial charge in [-0.15, -0.1) is 0 Å². The summed E-state index contributed by atoms with van der Waals surface area (Å²) in [6, 6.07) is 11.0. The van der Waals surface area contributed by atoms with Gasteiger partial charge in [0.05, 0.1) is 6.61 Å². The number of aromatic hydroxyl groups is 1. The molecule has 0 bridgehead atoms. The average Bonchev–Trinajstić information content (AvgIpc) is 3.21. The molecule has 0 radical (unpaired) electrons. The Morgan fingerprint density at radius 3 is 2.72 bits per heavy atom. The summed E-state index contributed by atoms with van der Waals surface area (Å²) >= 11 is 0. The molecule has 0 amide bonds. The Bertz CT molecular complexity index is 532. The molecule has 0 unspecified atom stereocenters. The van der Waals surface area contributed by atoms with Gasteiger partial charge in [0.15, 0.2) is 0 Å². The lowest BCUT2D eigenvalue weighted by atomic mass is 10.1. The van der Waals surface area contributed by atoms with Crippen LogP contribution in [0.3, 0.4) is 0 Å². The Morgan fingerprint density at radius 1 is 1.17 bits per heavy atom. The second kappa shape index (κ2) is 4.69. The minimum absolute atomic E-state index is 0.265. The first-order chi connectivity index (χ1) is 8.81. The molecule has 0 spiro atoms. The highest BCUT2D eigenvalue weighted by Gasteiger charge is 2.21. The molecule has 3 nitrogen and oxygen atoms in total. The fourth-order valence-corrected chi connectivity index (χ4v) is 1.81. The highest BCUT2D eigenvalue weighted by Crippen LogP contribution is 2.29. The molecular formula is C15H15NO2. The Labute approximate surface area is 106 Å². The van der Waals surface area contributed by atoms with E-state index in [0.29, 0.717) is 5.88 Å². The van der Waals surface area contributed by atoms with Gasteiger partial charge in [0.25, 0.3) is 0 Å². The van der Waals surface area contributed by atoms with E-state index in [9.17, 15) is 5.11 Å². The third-order valence-corrected chi connectivity index (χ3v) is 3.08. The number of pyridine rings is 1. The van der Waals surface area contributed by atoms with E-state index in [1.807, 2.05) is 24.3 Å². The first kappa shape index (κ1) is 11.1. The predicted molar refractivity (Wildman–Crippen MR) is 69.6 cm³/mol. The zero-order valence-corrected chi connectivity index (χ0v) is 10.0. The number of rotatable bonds is 4. The number of benzene rings is 1. The van der Waals surface area contributed by atoms with Gasteiger partial charge >= 0.3 is 0 Å². The van der Waals surface area contributed by atoms with Crippen LogP contribution in [-0.2, 0) is 0 Å². The van der Waals surface area contributed by atoms with Crippen molar-refractivity contribution in [3.8, 4) is 22.8 Å². The van der Waals surface area contributed by atoms with E-state index in [1.165, 1.54) is 12.8 Å². The van der Waals surface area contributed by atoms with Crippen molar-refractivity contribution in [3.05, 3.63) is 42.6 Å². The molecule has 2 aromatic rings. The van der Waals surface area contributed by atoms with Crippen LogP contribution in [-0.4, -0.2) is 16.7 Å². The molecule has 1 fully saturated rings. The van der Waals surface area contributed by atoms with E-state index in [1.54, 1.807) is 18.3 Å². The Hall–Kier alpha value is -2.03. The number of nitrogens with zero attached hydrogens (tertiary/aromatic N) is 1. The fourth-order valence-electron chi connectivity index (χ4n) is 1.81. The summed E-state index contributed by atoms with van der Waals surface area (Å²) in [4.78, 5) is 4.28. The zero-order chi connectivity index (χ0) is 12.4. The first-order valence-electron chi connectivity index (χ1n) is 6.19. The summed E-state index contributed by atoms with van der Waals surface area (Å²) in [6.45, 7) is 0.776. The van der Waals surface area contributed by atoms with Crippen LogP contribution in [0, 0.1) is 5.92 Å². The molecule has 18 heavy (non-hydrogen) atoms. The molecule has 1 aliphatic carbocycles. The zero-order valence-electron chi connectivity index (χ0n) is 10.0. The van der Waals surface area contributed by atoms with Crippen molar-refractivity contribution in [2.75, 3.05) is 6.61 Å². The fraction of sp³-hybridized carbons (Fsp3) is 0.267. The van der Waals surface area contributed by atoms with Crippen LogP contribution in [0.1, 0.15) is 12.8 Å². The van der Waals surface area contributed by atoms with E-state index < -0.39 is 0 Å². The molecule has 0 saturated heterocycles. The van der Waals surface area contributed by atoms with Crippen LogP contribution in [0.4, 0.5) is 0 Å². The summed E-state index contributed by atoms with van der Waals surface area (Å²) in [6.07, 6.45) is 4.33. The van der Waals surface area contributed by atoms with Crippen molar-refractivity contribution in [2.45, 2.75) is 12.8 Å². The maximum absolute atomic E-state index is 9.44. The molecule has 0 atom stereocenters. The van der Waals surface area contributed by atoms with Gasteiger partial charge in [-0.25, -0.2) is 4.98 Å². The SMILES string of the molecule is Oc1cccc(-c2ccc(OCC3CC3)nc2)c1. The number of hydrogen-bond donors (Lipinski definition) is 1. The number of hydrogen-bond acceptors (Lipinski definition) is 3. The normalized spacial score (nSPS) is 14.4. The number of phenolic OH excluding ortho intramolecular Hbond substituents is 1. The Balaban J connectivity index is 1.73. The molecule has 0 aliphatic heterocycles. The molecule has 1 N–H and O–H groups in total. The molecule has 1 aromatic carbocycles. The Morgan fingerprint density at radius 2 is 2.06 bits per heavy atom. The number of ether oxygens (including phenoxy) is 1. The van der Waals surface area contributed by atoms with Gasteiger partial charge in [0, 0.05) is 17.8 Å². The maximum atomic E-state index is 9.44. The van der Waals surface area contributed by atoms with Crippen LogP contribution in [0.25, 0.3) is 11.1 Å². The van der Waals surface area contributed by atoms with Gasteiger partial charge in [0.2, 0.25) is 5.88 Å². The minimum Gasteiger partial charge on any atom is -0.508 e. The van der Waals surface area contributed by atoms with Crippen molar-refractivity contribution in [1.82, 2.24) is 4.98 Å². The van der Waals surface area contributed by atoms with Crippen LogP contribution in [0.5, 0.6) is 11.6 Å². The largest absolute Gasteiger partial charge is 0.508 e. The summed E-state index contributed by atoms with van der Waals surface area (Å²) in [5.41, 5.74) is 1.93. The standard InChI is InChI=1S/C15H15NO2/c17-14-3-1-2-12(8-14)13-6-7-15(16-9-13)18-10-11-4-5-11/h1-3,6-9,11,17H,4-5,10H2. The molecule has 3 heteroatoms. The molecule has 1 saturated carbocycles. The predicted octanol–water partition coefficient (Wildman–Crippen LogP) is 3.24. The summed E-state index contributed by atoms with van der Waals surface area (Å²) < 4.78 is 5.58. The third kappa shape index (κ3) is 2.62. The molecule has 92 valence electrons.